The Morgan fingerprint density at radius 3 is 3.05 bits per heavy atom. The molecule has 19 heavy (non-hydrogen) atoms. The van der Waals surface area contributed by atoms with Gasteiger partial charge in [-0.05, 0) is 30.4 Å². The van der Waals surface area contributed by atoms with Crippen LogP contribution in [0.25, 0.3) is 0 Å². The second-order valence-corrected chi connectivity index (χ2v) is 5.97. The van der Waals surface area contributed by atoms with Crippen molar-refractivity contribution in [1.29, 1.82) is 0 Å². The minimum Gasteiger partial charge on any atom is -0.318 e. The van der Waals surface area contributed by atoms with Crippen molar-refractivity contribution in [3.05, 3.63) is 35.6 Å². The third-order valence-electron chi connectivity index (χ3n) is 3.22. The van der Waals surface area contributed by atoms with E-state index in [1.54, 1.807) is 6.07 Å². The van der Waals surface area contributed by atoms with Crippen LogP contribution in [-0.4, -0.2) is 34.9 Å². The van der Waals surface area contributed by atoms with Gasteiger partial charge >= 0.3 is 0 Å². The van der Waals surface area contributed by atoms with Gasteiger partial charge in [-0.1, -0.05) is 19.1 Å². The summed E-state index contributed by atoms with van der Waals surface area (Å²) >= 11 is 1.81. The lowest BCUT2D eigenvalue weighted by molar-refractivity contribution is -0.129. The van der Waals surface area contributed by atoms with Crippen LogP contribution in [0.2, 0.25) is 0 Å². The molecule has 0 aliphatic carbocycles. The third-order valence-corrected chi connectivity index (χ3v) is 4.34. The number of amides is 1. The Bertz CT molecular complexity index is 455. The molecule has 2 rings (SSSR count). The maximum atomic E-state index is 13.3. The van der Waals surface area contributed by atoms with Crippen LogP contribution in [0.3, 0.4) is 0 Å². The summed E-state index contributed by atoms with van der Waals surface area (Å²) in [6, 6.07) is 6.58. The summed E-state index contributed by atoms with van der Waals surface area (Å²) < 4.78 is 13.3. The van der Waals surface area contributed by atoms with E-state index in [9.17, 15) is 9.18 Å². The van der Waals surface area contributed by atoms with Crippen LogP contribution >= 0.6 is 11.8 Å². The second-order valence-electron chi connectivity index (χ2n) is 4.65. The van der Waals surface area contributed by atoms with Crippen molar-refractivity contribution in [1.82, 2.24) is 10.2 Å². The summed E-state index contributed by atoms with van der Waals surface area (Å²) in [6.45, 7) is 4.47. The first kappa shape index (κ1) is 14.3. The number of hydrogen-bond acceptors (Lipinski definition) is 3. The summed E-state index contributed by atoms with van der Waals surface area (Å²) in [4.78, 5) is 13.8. The molecule has 1 aromatic rings. The molecule has 0 aromatic heterocycles. The number of hydrogen-bond donors (Lipinski definition) is 1. The maximum absolute atomic E-state index is 13.3. The van der Waals surface area contributed by atoms with Gasteiger partial charge in [-0.2, -0.15) is 11.8 Å². The Hall–Kier alpha value is -1.07. The normalized spacial score (nSPS) is 20.9. The van der Waals surface area contributed by atoms with Gasteiger partial charge < -0.3 is 4.90 Å². The Labute approximate surface area is 117 Å². The number of carbonyl (C=O) groups is 1. The van der Waals surface area contributed by atoms with Crippen LogP contribution in [0.15, 0.2) is 24.3 Å². The van der Waals surface area contributed by atoms with Crippen LogP contribution in [0, 0.1) is 5.82 Å². The Kier molecular flexibility index (Phi) is 4.82. The molecule has 1 fully saturated rings. The van der Waals surface area contributed by atoms with E-state index in [4.69, 9.17) is 0 Å². The maximum Gasteiger partial charge on any atom is 0.238 e. The number of carbonyl (C=O) groups excluding carboxylic acids is 1. The molecule has 0 spiro atoms. The molecule has 1 heterocycles. The second kappa shape index (κ2) is 6.39. The number of nitrogens with zero attached hydrogens (tertiary/aromatic N) is 1. The number of halogens is 1. The first-order valence-corrected chi connectivity index (χ1v) is 7.66. The van der Waals surface area contributed by atoms with E-state index in [2.05, 4.69) is 12.2 Å². The predicted molar refractivity (Wildman–Crippen MR) is 76.5 cm³/mol. The molecule has 0 radical (unpaired) electrons. The highest BCUT2D eigenvalue weighted by Gasteiger charge is 2.34. The van der Waals surface area contributed by atoms with Crippen molar-refractivity contribution in [2.24, 2.45) is 0 Å². The van der Waals surface area contributed by atoms with E-state index in [0.717, 1.165) is 17.1 Å². The van der Waals surface area contributed by atoms with Crippen LogP contribution in [-0.2, 0) is 4.79 Å². The highest BCUT2D eigenvalue weighted by molar-refractivity contribution is 7.99. The number of nitrogens with one attached hydrogen (secondary N) is 1. The molecule has 1 saturated heterocycles. The van der Waals surface area contributed by atoms with E-state index in [1.165, 1.54) is 12.1 Å². The zero-order chi connectivity index (χ0) is 13.8. The zero-order valence-electron chi connectivity index (χ0n) is 11.2. The molecule has 3 nitrogen and oxygen atoms in total. The summed E-state index contributed by atoms with van der Waals surface area (Å²) in [7, 11) is 0. The van der Waals surface area contributed by atoms with E-state index in [-0.39, 0.29) is 23.9 Å². The van der Waals surface area contributed by atoms with Crippen LogP contribution in [0.4, 0.5) is 4.39 Å². The molecule has 2 unspecified atom stereocenters. The van der Waals surface area contributed by atoms with Crippen LogP contribution in [0.1, 0.15) is 25.6 Å². The SMILES string of the molecule is CCSCC(C)N1C(=O)CNC1c1cccc(F)c1. The molecular formula is C14H19FN2OS. The Morgan fingerprint density at radius 1 is 1.58 bits per heavy atom. The molecule has 1 amide bonds. The highest BCUT2D eigenvalue weighted by Crippen LogP contribution is 2.26. The number of thioether (sulfide) groups is 1. The average molecular weight is 282 g/mol. The lowest BCUT2D eigenvalue weighted by Crippen LogP contribution is -2.39. The zero-order valence-corrected chi connectivity index (χ0v) is 12.0. The molecule has 0 saturated carbocycles. The first-order valence-electron chi connectivity index (χ1n) is 6.51. The summed E-state index contributed by atoms with van der Waals surface area (Å²) in [5.74, 6) is 1.74. The van der Waals surface area contributed by atoms with Crippen molar-refractivity contribution in [2.75, 3.05) is 18.1 Å². The predicted octanol–water partition coefficient (Wildman–Crippen LogP) is 2.40. The van der Waals surface area contributed by atoms with Crippen molar-refractivity contribution in [3.63, 3.8) is 0 Å². The molecule has 1 N–H and O–H groups in total. The lowest BCUT2D eigenvalue weighted by Gasteiger charge is -2.30. The molecule has 1 aliphatic heterocycles. The Balaban J connectivity index is 2.17. The van der Waals surface area contributed by atoms with E-state index >= 15 is 0 Å². The standard InChI is InChI=1S/C14H19FN2OS/c1-3-19-9-10(2)17-13(18)8-16-14(17)11-5-4-6-12(15)7-11/h4-7,10,14,16H,3,8-9H2,1-2H3. The van der Waals surface area contributed by atoms with Gasteiger partial charge in [0.15, 0.2) is 0 Å². The van der Waals surface area contributed by atoms with Crippen molar-refractivity contribution >= 4 is 17.7 Å². The largest absolute Gasteiger partial charge is 0.318 e. The minimum atomic E-state index is -0.269. The van der Waals surface area contributed by atoms with Gasteiger partial charge in [0.2, 0.25) is 5.91 Å². The van der Waals surface area contributed by atoms with Crippen molar-refractivity contribution in [3.8, 4) is 0 Å². The number of rotatable bonds is 5. The fourth-order valence-electron chi connectivity index (χ4n) is 2.34. The fraction of sp³-hybridized carbons (Fsp3) is 0.500. The van der Waals surface area contributed by atoms with Gasteiger partial charge in [0.25, 0.3) is 0 Å². The van der Waals surface area contributed by atoms with Gasteiger partial charge in [-0.25, -0.2) is 4.39 Å². The van der Waals surface area contributed by atoms with Crippen LogP contribution < -0.4 is 5.32 Å². The van der Waals surface area contributed by atoms with E-state index in [1.807, 2.05) is 29.7 Å². The summed E-state index contributed by atoms with van der Waals surface area (Å²) in [6.07, 6.45) is -0.212. The molecule has 1 aromatic carbocycles. The minimum absolute atomic E-state index is 0.0819. The van der Waals surface area contributed by atoms with Crippen molar-refractivity contribution < 1.29 is 9.18 Å². The molecular weight excluding hydrogens is 263 g/mol. The highest BCUT2D eigenvalue weighted by atomic mass is 32.2. The first-order chi connectivity index (χ1) is 9.13. The molecule has 0 bridgehead atoms. The smallest absolute Gasteiger partial charge is 0.238 e. The molecule has 2 atom stereocenters. The molecule has 5 heteroatoms. The van der Waals surface area contributed by atoms with Crippen molar-refractivity contribution in [2.45, 2.75) is 26.1 Å². The third kappa shape index (κ3) is 3.28. The van der Waals surface area contributed by atoms with E-state index < -0.39 is 0 Å². The van der Waals surface area contributed by atoms with Crippen LogP contribution in [0.5, 0.6) is 0 Å². The fourth-order valence-corrected chi connectivity index (χ4v) is 3.08. The van der Waals surface area contributed by atoms with Gasteiger partial charge in [-0.15, -0.1) is 0 Å². The molecule has 104 valence electrons. The summed E-state index contributed by atoms with van der Waals surface area (Å²) in [5.41, 5.74) is 0.805. The van der Waals surface area contributed by atoms with Gasteiger partial charge in [0.05, 0.1) is 6.54 Å². The monoisotopic (exact) mass is 282 g/mol. The molecule has 1 aliphatic rings. The topological polar surface area (TPSA) is 32.3 Å². The van der Waals surface area contributed by atoms with E-state index in [0.29, 0.717) is 6.54 Å². The Morgan fingerprint density at radius 2 is 2.37 bits per heavy atom. The lowest BCUT2D eigenvalue weighted by atomic mass is 10.1. The van der Waals surface area contributed by atoms with Gasteiger partial charge in [0.1, 0.15) is 12.0 Å². The average Bonchev–Trinajstić information content (AvgIpc) is 2.78. The van der Waals surface area contributed by atoms with Gasteiger partial charge in [0, 0.05) is 11.8 Å². The quantitative estimate of drug-likeness (QED) is 0.900. The van der Waals surface area contributed by atoms with Gasteiger partial charge in [-0.3, -0.25) is 10.1 Å². The number of benzene rings is 1. The summed E-state index contributed by atoms with van der Waals surface area (Å²) in [5, 5.41) is 3.16.